The molecule has 0 radical (unpaired) electrons. The summed E-state index contributed by atoms with van der Waals surface area (Å²) in [7, 11) is 0. The molecule has 0 spiro atoms. The molecule has 1 unspecified atom stereocenters. The Morgan fingerprint density at radius 2 is 2.29 bits per heavy atom. The van der Waals surface area contributed by atoms with Gasteiger partial charge in [0, 0.05) is 6.42 Å². The van der Waals surface area contributed by atoms with Crippen LogP contribution in [0.5, 0.6) is 0 Å². The Morgan fingerprint density at radius 3 is 2.79 bits per heavy atom. The monoisotopic (exact) mass is 293 g/mol. The summed E-state index contributed by atoms with van der Waals surface area (Å²) in [4.78, 5) is 0. The predicted molar refractivity (Wildman–Crippen MR) is 58.6 cm³/mol. The Bertz CT molecular complexity index is 381. The second-order valence-corrected chi connectivity index (χ2v) is 6.30. The zero-order valence-corrected chi connectivity index (χ0v) is 10.4. The second-order valence-electron chi connectivity index (χ2n) is 2.90. The first-order valence-electron chi connectivity index (χ1n) is 3.72. The maximum Gasteiger partial charge on any atom is 0.163 e. The molecule has 0 aliphatic heterocycles. The van der Waals surface area contributed by atoms with E-state index >= 15 is 0 Å². The normalized spacial score (nSPS) is 14.5. The largest absolute Gasteiger partial charge is 0.191 e. The van der Waals surface area contributed by atoms with Crippen LogP contribution in [0.15, 0.2) is 6.07 Å². The number of halogens is 3. The van der Waals surface area contributed by atoms with Gasteiger partial charge in [-0.05, 0) is 18.6 Å². The standard InChI is InChI=1S/C8H6BrCl2N3/c1-8(9,11)3-5-2-6(4-12)13-14-7(5)10/h2H,3H2,1H3. The second kappa shape index (κ2) is 4.43. The molecule has 1 atom stereocenters. The van der Waals surface area contributed by atoms with Gasteiger partial charge >= 0.3 is 0 Å². The fourth-order valence-corrected chi connectivity index (χ4v) is 1.53. The number of alkyl halides is 2. The van der Waals surface area contributed by atoms with Crippen LogP contribution in [0.1, 0.15) is 18.2 Å². The molecular formula is C8H6BrCl2N3. The Balaban J connectivity index is 3.03. The summed E-state index contributed by atoms with van der Waals surface area (Å²) in [6.45, 7) is 1.79. The Morgan fingerprint density at radius 1 is 1.64 bits per heavy atom. The van der Waals surface area contributed by atoms with Crippen LogP contribution in [-0.4, -0.2) is 14.0 Å². The highest BCUT2D eigenvalue weighted by molar-refractivity contribution is 9.10. The van der Waals surface area contributed by atoms with Gasteiger partial charge in [-0.1, -0.05) is 27.5 Å². The van der Waals surface area contributed by atoms with Crippen molar-refractivity contribution >= 4 is 39.1 Å². The Labute approximate surface area is 100 Å². The average molecular weight is 295 g/mol. The number of hydrogen-bond donors (Lipinski definition) is 0. The zero-order valence-electron chi connectivity index (χ0n) is 7.26. The van der Waals surface area contributed by atoms with Gasteiger partial charge in [0.15, 0.2) is 10.8 Å². The third kappa shape index (κ3) is 3.41. The van der Waals surface area contributed by atoms with Crippen molar-refractivity contribution in [2.24, 2.45) is 0 Å². The van der Waals surface area contributed by atoms with Crippen molar-refractivity contribution in [1.29, 1.82) is 5.26 Å². The van der Waals surface area contributed by atoms with Crippen LogP contribution in [-0.2, 0) is 6.42 Å². The van der Waals surface area contributed by atoms with Gasteiger partial charge in [0.1, 0.15) is 9.85 Å². The van der Waals surface area contributed by atoms with Crippen molar-refractivity contribution < 1.29 is 0 Å². The molecular weight excluding hydrogens is 289 g/mol. The lowest BCUT2D eigenvalue weighted by Crippen LogP contribution is -2.11. The molecule has 14 heavy (non-hydrogen) atoms. The lowest BCUT2D eigenvalue weighted by atomic mass is 10.1. The van der Waals surface area contributed by atoms with Gasteiger partial charge in [-0.25, -0.2) is 0 Å². The highest BCUT2D eigenvalue weighted by Gasteiger charge is 2.19. The van der Waals surface area contributed by atoms with Crippen LogP contribution in [0.25, 0.3) is 0 Å². The van der Waals surface area contributed by atoms with Crippen LogP contribution in [0.2, 0.25) is 5.15 Å². The van der Waals surface area contributed by atoms with Crippen molar-refractivity contribution in [3.8, 4) is 6.07 Å². The molecule has 1 heterocycles. The molecule has 0 saturated heterocycles. The van der Waals surface area contributed by atoms with Crippen molar-refractivity contribution in [2.75, 3.05) is 0 Å². The number of nitriles is 1. The molecule has 1 aromatic rings. The highest BCUT2D eigenvalue weighted by atomic mass is 79.9. The van der Waals surface area contributed by atoms with Gasteiger partial charge in [0.05, 0.1) is 0 Å². The van der Waals surface area contributed by atoms with Gasteiger partial charge in [0.2, 0.25) is 0 Å². The molecule has 0 aromatic carbocycles. The van der Waals surface area contributed by atoms with E-state index in [0.717, 1.165) is 0 Å². The first-order chi connectivity index (χ1) is 6.42. The van der Waals surface area contributed by atoms with Crippen LogP contribution in [0, 0.1) is 11.3 Å². The predicted octanol–water partition coefficient (Wildman–Crippen LogP) is 2.89. The number of rotatable bonds is 2. The minimum absolute atomic E-state index is 0.234. The van der Waals surface area contributed by atoms with E-state index < -0.39 is 3.78 Å². The van der Waals surface area contributed by atoms with Crippen LogP contribution >= 0.6 is 39.1 Å². The van der Waals surface area contributed by atoms with E-state index in [1.165, 1.54) is 0 Å². The zero-order chi connectivity index (χ0) is 10.8. The van der Waals surface area contributed by atoms with E-state index in [9.17, 15) is 0 Å². The topological polar surface area (TPSA) is 49.6 Å². The van der Waals surface area contributed by atoms with E-state index in [1.807, 2.05) is 6.07 Å². The third-order valence-electron chi connectivity index (χ3n) is 1.44. The number of nitrogens with zero attached hydrogens (tertiary/aromatic N) is 3. The van der Waals surface area contributed by atoms with E-state index in [4.69, 9.17) is 28.5 Å². The van der Waals surface area contributed by atoms with Gasteiger partial charge in [-0.15, -0.1) is 21.8 Å². The third-order valence-corrected chi connectivity index (χ3v) is 2.17. The summed E-state index contributed by atoms with van der Waals surface area (Å²) in [5.41, 5.74) is 0.936. The minimum atomic E-state index is -0.591. The van der Waals surface area contributed by atoms with Crippen LogP contribution < -0.4 is 0 Å². The summed E-state index contributed by atoms with van der Waals surface area (Å²) >= 11 is 15.0. The first kappa shape index (κ1) is 11.7. The number of aromatic nitrogens is 2. The lowest BCUT2D eigenvalue weighted by molar-refractivity contribution is 0.860. The van der Waals surface area contributed by atoms with Gasteiger partial charge < -0.3 is 0 Å². The molecule has 0 bridgehead atoms. The van der Waals surface area contributed by atoms with E-state index in [-0.39, 0.29) is 10.8 Å². The fourth-order valence-electron chi connectivity index (χ4n) is 0.928. The van der Waals surface area contributed by atoms with Gasteiger partial charge in [0.25, 0.3) is 0 Å². The van der Waals surface area contributed by atoms with Crippen molar-refractivity contribution in [2.45, 2.75) is 17.1 Å². The van der Waals surface area contributed by atoms with Gasteiger partial charge in [-0.3, -0.25) is 0 Å². The molecule has 3 nitrogen and oxygen atoms in total. The van der Waals surface area contributed by atoms with Gasteiger partial charge in [-0.2, -0.15) is 5.26 Å². The molecule has 0 saturated carbocycles. The Hall–Kier alpha value is -0.370. The molecule has 6 heteroatoms. The highest BCUT2D eigenvalue weighted by Crippen LogP contribution is 2.29. The molecule has 74 valence electrons. The summed E-state index contributed by atoms with van der Waals surface area (Å²) in [6, 6.07) is 3.47. The average Bonchev–Trinajstić information content (AvgIpc) is 2.06. The molecule has 0 aliphatic carbocycles. The molecule has 0 aliphatic rings. The molecule has 0 fully saturated rings. The number of hydrogen-bond acceptors (Lipinski definition) is 3. The van der Waals surface area contributed by atoms with E-state index in [0.29, 0.717) is 12.0 Å². The smallest absolute Gasteiger partial charge is 0.163 e. The minimum Gasteiger partial charge on any atom is -0.191 e. The quantitative estimate of drug-likeness (QED) is 0.788. The SMILES string of the molecule is CC(Cl)(Br)Cc1cc(C#N)nnc1Cl. The molecule has 1 aromatic heterocycles. The summed E-state index contributed by atoms with van der Waals surface area (Å²) in [5.74, 6) is 0. The molecule has 0 N–H and O–H groups in total. The fraction of sp³-hybridized carbons (Fsp3) is 0.375. The van der Waals surface area contributed by atoms with E-state index in [2.05, 4.69) is 26.1 Å². The maximum atomic E-state index is 8.61. The maximum absolute atomic E-state index is 8.61. The van der Waals surface area contributed by atoms with Crippen molar-refractivity contribution in [3.05, 3.63) is 22.5 Å². The summed E-state index contributed by atoms with van der Waals surface area (Å²) in [6.07, 6.45) is 0.470. The van der Waals surface area contributed by atoms with E-state index in [1.54, 1.807) is 13.0 Å². The van der Waals surface area contributed by atoms with Crippen LogP contribution in [0.3, 0.4) is 0 Å². The molecule has 1 rings (SSSR count). The van der Waals surface area contributed by atoms with Crippen molar-refractivity contribution in [3.63, 3.8) is 0 Å². The lowest BCUT2D eigenvalue weighted by Gasteiger charge is -2.13. The summed E-state index contributed by atoms with van der Waals surface area (Å²) < 4.78 is -0.591. The van der Waals surface area contributed by atoms with Crippen molar-refractivity contribution in [1.82, 2.24) is 10.2 Å². The Kier molecular flexibility index (Phi) is 3.71. The summed E-state index contributed by atoms with van der Waals surface area (Å²) in [5, 5.41) is 16.1. The molecule has 0 amide bonds. The van der Waals surface area contributed by atoms with Crippen LogP contribution in [0.4, 0.5) is 0 Å². The first-order valence-corrected chi connectivity index (χ1v) is 5.27.